The number of hydrogen-bond donors (Lipinski definition) is 0. The maximum Gasteiger partial charge on any atom is 0.159 e. The van der Waals surface area contributed by atoms with E-state index in [1.54, 1.807) is 0 Å². The molecule has 0 unspecified atom stereocenters. The molecule has 0 saturated carbocycles. The summed E-state index contributed by atoms with van der Waals surface area (Å²) in [6.45, 7) is 3.89. The topological polar surface area (TPSA) is 9.23 Å². The molecule has 10 heavy (non-hydrogen) atoms. The Hall–Kier alpha value is -0.860. The van der Waals surface area contributed by atoms with Gasteiger partial charge in [0.05, 0.1) is 0 Å². The van der Waals surface area contributed by atoms with E-state index < -0.39 is 12.5 Å². The van der Waals surface area contributed by atoms with E-state index in [1.165, 1.54) is 6.92 Å². The first-order valence-electron chi connectivity index (χ1n) is 2.90. The van der Waals surface area contributed by atoms with Crippen molar-refractivity contribution in [3.63, 3.8) is 0 Å². The first-order valence-corrected chi connectivity index (χ1v) is 2.90. The zero-order chi connectivity index (χ0) is 7.98. The van der Waals surface area contributed by atoms with Crippen molar-refractivity contribution in [2.24, 2.45) is 0 Å². The van der Waals surface area contributed by atoms with Gasteiger partial charge in [-0.15, -0.1) is 0 Å². The summed E-state index contributed by atoms with van der Waals surface area (Å²) in [5.74, 6) is -0.471. The highest BCUT2D eigenvalue weighted by Gasteiger charge is 1.96. The molecule has 0 spiro atoms. The second-order valence-corrected chi connectivity index (χ2v) is 1.65. The van der Waals surface area contributed by atoms with Crippen LogP contribution in [0.2, 0.25) is 0 Å². The number of alkyl halides is 1. The van der Waals surface area contributed by atoms with Crippen molar-refractivity contribution in [1.29, 1.82) is 0 Å². The van der Waals surface area contributed by atoms with Crippen LogP contribution in [0.4, 0.5) is 8.78 Å². The molecule has 0 bridgehead atoms. The van der Waals surface area contributed by atoms with Crippen LogP contribution < -0.4 is 0 Å². The lowest BCUT2D eigenvalue weighted by molar-refractivity contribution is 0.182. The van der Waals surface area contributed by atoms with E-state index in [4.69, 9.17) is 0 Å². The lowest BCUT2D eigenvalue weighted by atomic mass is 10.4. The second kappa shape index (κ2) is 4.97. The number of hydrogen-bond acceptors (Lipinski definition) is 1. The van der Waals surface area contributed by atoms with Crippen LogP contribution in [0, 0.1) is 0 Å². The van der Waals surface area contributed by atoms with E-state index in [0.717, 1.165) is 6.08 Å². The minimum Gasteiger partial charge on any atom is -0.492 e. The molecule has 0 heterocycles. The van der Waals surface area contributed by atoms with E-state index in [9.17, 15) is 8.78 Å². The van der Waals surface area contributed by atoms with Gasteiger partial charge >= 0.3 is 0 Å². The molecule has 1 nitrogen and oxygen atoms in total. The molecule has 0 aromatic heterocycles. The van der Waals surface area contributed by atoms with Gasteiger partial charge in [-0.3, -0.25) is 0 Å². The fourth-order valence-corrected chi connectivity index (χ4v) is 0.404. The molecular weight excluding hydrogens is 138 g/mol. The highest BCUT2D eigenvalue weighted by atomic mass is 19.1. The summed E-state index contributed by atoms with van der Waals surface area (Å²) in [6, 6.07) is 0. The molecule has 0 aromatic carbocycles. The normalized spacial score (nSPS) is 12.3. The third kappa shape index (κ3) is 3.22. The van der Waals surface area contributed by atoms with Gasteiger partial charge in [0.25, 0.3) is 0 Å². The number of halogens is 2. The Morgan fingerprint density at radius 2 is 2.30 bits per heavy atom. The Bertz CT molecular complexity index is 141. The van der Waals surface area contributed by atoms with E-state index in [-0.39, 0.29) is 12.4 Å². The SMILES string of the molecule is C=C/C(F)=C(\C)OCCF. The molecule has 0 saturated heterocycles. The summed E-state index contributed by atoms with van der Waals surface area (Å²) < 4.78 is 28.4. The quantitative estimate of drug-likeness (QED) is 0.439. The molecular formula is C7H10F2O. The Morgan fingerprint density at radius 1 is 1.70 bits per heavy atom. The van der Waals surface area contributed by atoms with Crippen LogP contribution in [-0.4, -0.2) is 13.3 Å². The van der Waals surface area contributed by atoms with Crippen LogP contribution in [0.25, 0.3) is 0 Å². The zero-order valence-corrected chi connectivity index (χ0v) is 5.86. The van der Waals surface area contributed by atoms with Crippen LogP contribution in [-0.2, 0) is 4.74 Å². The first-order chi connectivity index (χ1) is 4.72. The minimum absolute atomic E-state index is 0.0765. The second-order valence-electron chi connectivity index (χ2n) is 1.65. The smallest absolute Gasteiger partial charge is 0.159 e. The number of allylic oxidation sites excluding steroid dienone is 3. The Labute approximate surface area is 59.0 Å². The van der Waals surface area contributed by atoms with Crippen molar-refractivity contribution >= 4 is 0 Å². The number of ether oxygens (including phenoxy) is 1. The van der Waals surface area contributed by atoms with E-state index in [2.05, 4.69) is 11.3 Å². The van der Waals surface area contributed by atoms with Gasteiger partial charge in [0.2, 0.25) is 0 Å². The predicted octanol–water partition coefficient (Wildman–Crippen LogP) is 2.36. The molecule has 0 radical (unpaired) electrons. The third-order valence-electron chi connectivity index (χ3n) is 0.911. The lowest BCUT2D eigenvalue weighted by Gasteiger charge is -2.02. The first kappa shape index (κ1) is 9.14. The molecule has 0 fully saturated rings. The largest absolute Gasteiger partial charge is 0.492 e. The summed E-state index contributed by atoms with van der Waals surface area (Å²) in [5.41, 5.74) is 0. The van der Waals surface area contributed by atoms with Crippen LogP contribution in [0.1, 0.15) is 6.92 Å². The fourth-order valence-electron chi connectivity index (χ4n) is 0.404. The maximum atomic E-state index is 12.4. The van der Waals surface area contributed by atoms with Gasteiger partial charge in [0.15, 0.2) is 5.83 Å². The zero-order valence-electron chi connectivity index (χ0n) is 5.86. The van der Waals surface area contributed by atoms with Crippen LogP contribution in [0.15, 0.2) is 24.2 Å². The van der Waals surface area contributed by atoms with Crippen molar-refractivity contribution in [2.45, 2.75) is 6.92 Å². The summed E-state index contributed by atoms with van der Waals surface area (Å²) in [6.07, 6.45) is 1.02. The van der Waals surface area contributed by atoms with Crippen molar-refractivity contribution in [2.75, 3.05) is 13.3 Å². The number of rotatable bonds is 4. The molecule has 0 rings (SSSR count). The molecule has 0 N–H and O–H groups in total. The van der Waals surface area contributed by atoms with Gasteiger partial charge < -0.3 is 4.74 Å². The van der Waals surface area contributed by atoms with Crippen molar-refractivity contribution in [3.05, 3.63) is 24.2 Å². The lowest BCUT2D eigenvalue weighted by Crippen LogP contribution is -1.94. The standard InChI is InChI=1S/C7H10F2O/c1-3-7(9)6(2)10-5-4-8/h3H,1,4-5H2,2H3/b7-6-. The predicted molar refractivity (Wildman–Crippen MR) is 35.9 cm³/mol. The van der Waals surface area contributed by atoms with E-state index >= 15 is 0 Å². The fraction of sp³-hybridized carbons (Fsp3) is 0.429. The monoisotopic (exact) mass is 148 g/mol. The van der Waals surface area contributed by atoms with Gasteiger partial charge in [-0.05, 0) is 13.0 Å². The molecule has 58 valence electrons. The average Bonchev–Trinajstić information content (AvgIpc) is 1.98. The summed E-state index contributed by atoms with van der Waals surface area (Å²) in [5, 5.41) is 0. The highest BCUT2D eigenvalue weighted by Crippen LogP contribution is 2.07. The van der Waals surface area contributed by atoms with Crippen LogP contribution >= 0.6 is 0 Å². The Balaban J connectivity index is 3.79. The molecule has 0 aliphatic rings. The van der Waals surface area contributed by atoms with Crippen molar-refractivity contribution in [3.8, 4) is 0 Å². The van der Waals surface area contributed by atoms with Gasteiger partial charge in [0, 0.05) is 0 Å². The van der Waals surface area contributed by atoms with Crippen molar-refractivity contribution < 1.29 is 13.5 Å². The molecule has 0 aliphatic carbocycles. The van der Waals surface area contributed by atoms with Gasteiger partial charge in [0.1, 0.15) is 19.0 Å². The van der Waals surface area contributed by atoms with Gasteiger partial charge in [-0.25, -0.2) is 8.78 Å². The molecule has 0 aliphatic heterocycles. The van der Waals surface area contributed by atoms with Gasteiger partial charge in [-0.1, -0.05) is 6.58 Å². The molecule has 0 amide bonds. The summed E-state index contributed by atoms with van der Waals surface area (Å²) in [7, 11) is 0. The van der Waals surface area contributed by atoms with Crippen LogP contribution in [0.5, 0.6) is 0 Å². The van der Waals surface area contributed by atoms with Crippen LogP contribution in [0.3, 0.4) is 0 Å². The molecule has 3 heteroatoms. The summed E-state index contributed by atoms with van der Waals surface area (Å²) >= 11 is 0. The van der Waals surface area contributed by atoms with Gasteiger partial charge in [-0.2, -0.15) is 0 Å². The third-order valence-corrected chi connectivity index (χ3v) is 0.911. The van der Waals surface area contributed by atoms with E-state index in [0.29, 0.717) is 0 Å². The van der Waals surface area contributed by atoms with E-state index in [1.807, 2.05) is 0 Å². The maximum absolute atomic E-state index is 12.4. The highest BCUT2D eigenvalue weighted by molar-refractivity contribution is 5.10. The van der Waals surface area contributed by atoms with Crippen molar-refractivity contribution in [1.82, 2.24) is 0 Å². The Morgan fingerprint density at radius 3 is 2.70 bits per heavy atom. The minimum atomic E-state index is -0.609. The average molecular weight is 148 g/mol. The Kier molecular flexibility index (Phi) is 4.54. The molecule has 0 aromatic rings. The summed E-state index contributed by atoms with van der Waals surface area (Å²) in [4.78, 5) is 0. The molecule has 0 atom stereocenters.